The number of carbonyl (C=O) groups excluding carboxylic acids is 1. The Hall–Kier alpha value is -4.46. The Balaban J connectivity index is 1.17. The fourth-order valence-electron chi connectivity index (χ4n) is 5.29. The molecule has 1 saturated heterocycles. The minimum Gasteiger partial charge on any atom is -0.474 e. The maximum atomic E-state index is 13.9. The van der Waals surface area contributed by atoms with E-state index in [2.05, 4.69) is 35.4 Å². The normalized spacial score (nSPS) is 18.1. The van der Waals surface area contributed by atoms with Crippen LogP contribution in [0.1, 0.15) is 42.5 Å². The highest BCUT2D eigenvalue weighted by molar-refractivity contribution is 5.89. The molecule has 0 saturated carbocycles. The Bertz CT molecular complexity index is 1600. The smallest absolute Gasteiger partial charge is 0.421 e. The van der Waals surface area contributed by atoms with Gasteiger partial charge in [0, 0.05) is 38.3 Å². The third-order valence-electron chi connectivity index (χ3n) is 7.48. The fourth-order valence-corrected chi connectivity index (χ4v) is 5.29. The number of likely N-dealkylation sites (tertiary alicyclic amines) is 1. The maximum Gasteiger partial charge on any atom is 0.421 e. The van der Waals surface area contributed by atoms with Crippen molar-refractivity contribution in [2.45, 2.75) is 44.5 Å². The Morgan fingerprint density at radius 3 is 2.71 bits per heavy atom. The van der Waals surface area contributed by atoms with Crippen LogP contribution in [0.2, 0.25) is 0 Å². The minimum atomic E-state index is -4.70. The van der Waals surface area contributed by atoms with Crippen LogP contribution in [-0.4, -0.2) is 73.8 Å². The average Bonchev–Trinajstić information content (AvgIpc) is 3.44. The topological polar surface area (TPSA) is 121 Å². The Morgan fingerprint density at radius 2 is 1.93 bits per heavy atom. The summed E-state index contributed by atoms with van der Waals surface area (Å²) in [6, 6.07) is 3.85. The molecule has 4 aromatic heterocycles. The third-order valence-corrected chi connectivity index (χ3v) is 7.48. The number of halogens is 3. The number of urea groups is 1. The molecule has 4 aromatic rings. The lowest BCUT2D eigenvalue weighted by atomic mass is 9.96. The van der Waals surface area contributed by atoms with E-state index in [0.717, 1.165) is 30.4 Å². The predicted octanol–water partition coefficient (Wildman–Crippen LogP) is 5.18. The molecule has 0 aliphatic carbocycles. The highest BCUT2D eigenvalue weighted by atomic mass is 19.4. The van der Waals surface area contributed by atoms with E-state index in [1.807, 2.05) is 20.0 Å². The van der Waals surface area contributed by atoms with Gasteiger partial charge in [-0.1, -0.05) is 6.92 Å². The summed E-state index contributed by atoms with van der Waals surface area (Å²) in [5.41, 5.74) is 1.09. The number of alkyl halides is 3. The fraction of sp³-hybridized carbons (Fsp3) is 0.393. The summed E-state index contributed by atoms with van der Waals surface area (Å²) in [5, 5.41) is 10.1. The number of hydrogen-bond donors (Lipinski definition) is 2. The molecule has 2 amide bonds. The van der Waals surface area contributed by atoms with Crippen molar-refractivity contribution in [1.82, 2.24) is 34.9 Å². The number of aromatic nitrogens is 5. The molecule has 42 heavy (non-hydrogen) atoms. The molecule has 0 aromatic carbocycles. The number of H-pyrrole nitrogens is 1. The number of fused-ring (bicyclic) bond motifs is 2. The van der Waals surface area contributed by atoms with Gasteiger partial charge in [-0.05, 0) is 43.7 Å². The van der Waals surface area contributed by atoms with Gasteiger partial charge in [0.05, 0.1) is 35.4 Å². The van der Waals surface area contributed by atoms with Crippen LogP contribution >= 0.6 is 0 Å². The molecule has 11 nitrogen and oxygen atoms in total. The highest BCUT2D eigenvalue weighted by Gasteiger charge is 2.37. The Labute approximate surface area is 239 Å². The van der Waals surface area contributed by atoms with Crippen molar-refractivity contribution in [2.24, 2.45) is 0 Å². The molecule has 6 heterocycles. The summed E-state index contributed by atoms with van der Waals surface area (Å²) < 4.78 is 53.5. The van der Waals surface area contributed by atoms with Crippen LogP contribution in [0, 0.1) is 0 Å². The minimum absolute atomic E-state index is 0.0708. The Morgan fingerprint density at radius 1 is 1.12 bits per heavy atom. The van der Waals surface area contributed by atoms with E-state index in [-0.39, 0.29) is 24.3 Å². The largest absolute Gasteiger partial charge is 0.474 e. The van der Waals surface area contributed by atoms with Crippen molar-refractivity contribution in [3.8, 4) is 17.4 Å². The first-order valence-corrected chi connectivity index (χ1v) is 13.6. The zero-order valence-electron chi connectivity index (χ0n) is 23.0. The second-order valence-electron chi connectivity index (χ2n) is 10.7. The van der Waals surface area contributed by atoms with Crippen LogP contribution < -0.4 is 14.8 Å². The molecule has 220 valence electrons. The molecule has 2 N–H and O–H groups in total. The van der Waals surface area contributed by atoms with Gasteiger partial charge in [-0.3, -0.25) is 10.1 Å². The van der Waals surface area contributed by atoms with Gasteiger partial charge in [-0.15, -0.1) is 0 Å². The Kier molecular flexibility index (Phi) is 7.31. The second-order valence-corrected chi connectivity index (χ2v) is 10.7. The van der Waals surface area contributed by atoms with Gasteiger partial charge < -0.3 is 24.6 Å². The first-order chi connectivity index (χ1) is 20.1. The number of rotatable bonds is 5. The van der Waals surface area contributed by atoms with Gasteiger partial charge in [-0.2, -0.15) is 18.3 Å². The molecule has 2 aliphatic rings. The summed E-state index contributed by atoms with van der Waals surface area (Å²) in [5.74, 6) is 0.432. The standard InChI is InChI=1S/C28H29F3N8O3/c1-16-14-39(15-17-9-20(12-33-24(16)17)41-23-3-6-32-25-21(23)13-35-37-25)27(40)36-18-10-22(28(29,30)31)26(34-11-18)42-19-4-7-38(2)8-5-19/h3,6,9-13,16,19H,4-5,7-8,14-15H2,1-2H3,(H,36,40)(H,32,35,37). The van der Waals surface area contributed by atoms with E-state index in [4.69, 9.17) is 9.47 Å². The van der Waals surface area contributed by atoms with Crippen LogP contribution in [0.3, 0.4) is 0 Å². The van der Waals surface area contributed by atoms with Gasteiger partial charge >= 0.3 is 12.2 Å². The van der Waals surface area contributed by atoms with Crippen molar-refractivity contribution in [3.63, 3.8) is 0 Å². The summed E-state index contributed by atoms with van der Waals surface area (Å²) in [4.78, 5) is 29.5. The lowest BCUT2D eigenvalue weighted by molar-refractivity contribution is -0.139. The molecular weight excluding hydrogens is 553 g/mol. The monoisotopic (exact) mass is 582 g/mol. The van der Waals surface area contributed by atoms with E-state index in [1.165, 1.54) is 11.1 Å². The zero-order valence-corrected chi connectivity index (χ0v) is 23.0. The van der Waals surface area contributed by atoms with E-state index in [9.17, 15) is 18.0 Å². The van der Waals surface area contributed by atoms with E-state index in [0.29, 0.717) is 41.9 Å². The van der Waals surface area contributed by atoms with Crippen LogP contribution in [0.15, 0.2) is 43.0 Å². The summed E-state index contributed by atoms with van der Waals surface area (Å²) >= 11 is 0. The number of hydrogen-bond acceptors (Lipinski definition) is 8. The molecule has 0 spiro atoms. The van der Waals surface area contributed by atoms with Gasteiger partial charge in [-0.25, -0.2) is 14.8 Å². The number of piperidine rings is 1. The van der Waals surface area contributed by atoms with Gasteiger partial charge in [0.15, 0.2) is 5.65 Å². The third kappa shape index (κ3) is 5.79. The van der Waals surface area contributed by atoms with Crippen molar-refractivity contribution >= 4 is 22.8 Å². The summed E-state index contributed by atoms with van der Waals surface area (Å²) in [6.07, 6.45) is 2.20. The number of nitrogens with zero attached hydrogens (tertiary/aromatic N) is 6. The predicted molar refractivity (Wildman–Crippen MR) is 146 cm³/mol. The first kappa shape index (κ1) is 27.7. The second kappa shape index (κ2) is 11.1. The van der Waals surface area contributed by atoms with Crippen molar-refractivity contribution in [2.75, 3.05) is 32.0 Å². The van der Waals surface area contributed by atoms with E-state index in [1.54, 1.807) is 24.7 Å². The van der Waals surface area contributed by atoms with Gasteiger partial charge in [0.2, 0.25) is 5.88 Å². The quantitative estimate of drug-likeness (QED) is 0.330. The molecule has 1 fully saturated rings. The zero-order chi connectivity index (χ0) is 29.4. The SMILES string of the molecule is CC1CN(C(=O)Nc2cnc(OC3CCN(C)CC3)c(C(F)(F)F)c2)Cc2cc(Oc3ccnc4[nH]ncc34)cnc21. The highest BCUT2D eigenvalue weighted by Crippen LogP contribution is 2.38. The molecule has 0 bridgehead atoms. The van der Waals surface area contributed by atoms with Crippen LogP contribution in [-0.2, 0) is 12.7 Å². The van der Waals surface area contributed by atoms with E-state index < -0.39 is 23.7 Å². The number of aromatic amines is 1. The maximum absolute atomic E-state index is 13.9. The van der Waals surface area contributed by atoms with Crippen molar-refractivity contribution in [3.05, 3.63) is 59.8 Å². The van der Waals surface area contributed by atoms with Crippen LogP contribution in [0.25, 0.3) is 11.0 Å². The number of carbonyl (C=O) groups is 1. The average molecular weight is 583 g/mol. The molecule has 6 rings (SSSR count). The molecular formula is C28H29F3N8O3. The van der Waals surface area contributed by atoms with Gasteiger partial charge in [0.1, 0.15) is 23.2 Å². The van der Waals surface area contributed by atoms with E-state index >= 15 is 0 Å². The number of anilines is 1. The number of ether oxygens (including phenoxy) is 2. The molecule has 1 unspecified atom stereocenters. The number of amides is 2. The number of nitrogens with one attached hydrogen (secondary N) is 2. The molecule has 0 radical (unpaired) electrons. The van der Waals surface area contributed by atoms with Crippen LogP contribution in [0.4, 0.5) is 23.7 Å². The van der Waals surface area contributed by atoms with Crippen molar-refractivity contribution in [1.29, 1.82) is 0 Å². The lowest BCUT2D eigenvalue weighted by Gasteiger charge is -2.32. The van der Waals surface area contributed by atoms with Crippen molar-refractivity contribution < 1.29 is 27.4 Å². The number of pyridine rings is 3. The molecule has 2 aliphatic heterocycles. The first-order valence-electron chi connectivity index (χ1n) is 13.6. The van der Waals surface area contributed by atoms with Gasteiger partial charge in [0.25, 0.3) is 0 Å². The lowest BCUT2D eigenvalue weighted by Crippen LogP contribution is -2.40. The summed E-state index contributed by atoms with van der Waals surface area (Å²) in [6.45, 7) is 3.94. The molecule has 14 heteroatoms. The van der Waals surface area contributed by atoms with Crippen LogP contribution in [0.5, 0.6) is 17.4 Å². The molecule has 1 atom stereocenters. The summed E-state index contributed by atoms with van der Waals surface area (Å²) in [7, 11) is 1.96.